The fourth-order valence-corrected chi connectivity index (χ4v) is 1.90. The molecule has 0 radical (unpaired) electrons. The predicted octanol–water partition coefficient (Wildman–Crippen LogP) is 3.70. The van der Waals surface area contributed by atoms with Crippen LogP contribution in [-0.2, 0) is 0 Å². The van der Waals surface area contributed by atoms with Gasteiger partial charge in [-0.1, -0.05) is 22.9 Å². The van der Waals surface area contributed by atoms with Crippen molar-refractivity contribution in [1.82, 2.24) is 4.98 Å². The molecule has 1 heterocycles. The maximum absolute atomic E-state index is 5.72. The monoisotopic (exact) mass is 300 g/mol. The van der Waals surface area contributed by atoms with E-state index in [1.807, 2.05) is 26.0 Å². The molecule has 0 aliphatic carbocycles. The number of hydrogen-bond acceptors (Lipinski definition) is 3. The number of aromatic nitrogens is 1. The molecule has 2 atom stereocenters. The molecule has 1 aromatic heterocycles. The first-order valence-corrected chi connectivity index (χ1v) is 7.11. The highest BCUT2D eigenvalue weighted by molar-refractivity contribution is 9.09. The van der Waals surface area contributed by atoms with Crippen molar-refractivity contribution in [2.75, 3.05) is 10.6 Å². The van der Waals surface area contributed by atoms with Crippen LogP contribution in [0.25, 0.3) is 0 Å². The third-order valence-electron chi connectivity index (χ3n) is 2.59. The minimum atomic E-state index is 0.156. The van der Waals surface area contributed by atoms with Crippen molar-refractivity contribution >= 4 is 21.7 Å². The van der Waals surface area contributed by atoms with Crippen molar-refractivity contribution in [3.63, 3.8) is 0 Å². The molecule has 4 heteroatoms. The van der Waals surface area contributed by atoms with E-state index >= 15 is 0 Å². The second kappa shape index (κ2) is 6.84. The summed E-state index contributed by atoms with van der Waals surface area (Å²) in [7, 11) is 0. The number of alkyl halides is 1. The first-order valence-electron chi connectivity index (χ1n) is 5.98. The van der Waals surface area contributed by atoms with E-state index in [9.17, 15) is 0 Å². The van der Waals surface area contributed by atoms with Gasteiger partial charge >= 0.3 is 0 Å². The van der Waals surface area contributed by atoms with E-state index in [2.05, 4.69) is 40.1 Å². The summed E-state index contributed by atoms with van der Waals surface area (Å²) in [6, 6.07) is 4.18. The Balaban J connectivity index is 2.76. The summed E-state index contributed by atoms with van der Waals surface area (Å²) in [5.41, 5.74) is 0. The summed E-state index contributed by atoms with van der Waals surface area (Å²) >= 11 is 3.50. The van der Waals surface area contributed by atoms with Gasteiger partial charge in [0.15, 0.2) is 11.6 Å². The van der Waals surface area contributed by atoms with Crippen molar-refractivity contribution in [2.24, 2.45) is 5.92 Å². The van der Waals surface area contributed by atoms with Crippen molar-refractivity contribution < 1.29 is 4.74 Å². The van der Waals surface area contributed by atoms with Crippen LogP contribution in [0.2, 0.25) is 0 Å². The molecule has 0 fully saturated rings. The molecule has 0 spiro atoms. The Kier molecular flexibility index (Phi) is 5.75. The fourth-order valence-electron chi connectivity index (χ4n) is 1.34. The largest absolute Gasteiger partial charge is 0.487 e. The van der Waals surface area contributed by atoms with Crippen LogP contribution in [0, 0.1) is 5.92 Å². The van der Waals surface area contributed by atoms with Gasteiger partial charge in [-0.2, -0.15) is 0 Å². The third-order valence-corrected chi connectivity index (χ3v) is 3.62. The molecule has 2 unspecified atom stereocenters. The van der Waals surface area contributed by atoms with Gasteiger partial charge in [-0.15, -0.1) is 0 Å². The Morgan fingerprint density at radius 3 is 2.65 bits per heavy atom. The molecular formula is C13H21BrN2O. The molecule has 1 aromatic rings. The van der Waals surface area contributed by atoms with Gasteiger partial charge in [-0.05, 0) is 38.8 Å². The van der Waals surface area contributed by atoms with Gasteiger partial charge in [-0.25, -0.2) is 4.98 Å². The lowest BCUT2D eigenvalue weighted by molar-refractivity contribution is 0.242. The van der Waals surface area contributed by atoms with E-state index in [0.29, 0.717) is 12.0 Å². The van der Waals surface area contributed by atoms with Gasteiger partial charge in [-0.3, -0.25) is 0 Å². The van der Waals surface area contributed by atoms with Gasteiger partial charge < -0.3 is 10.1 Å². The number of ether oxygens (including phenoxy) is 1. The van der Waals surface area contributed by atoms with E-state index in [0.717, 1.165) is 16.9 Å². The van der Waals surface area contributed by atoms with E-state index in [1.165, 1.54) is 0 Å². The second-order valence-corrected chi connectivity index (χ2v) is 5.23. The summed E-state index contributed by atoms with van der Waals surface area (Å²) in [4.78, 5) is 4.34. The molecule has 17 heavy (non-hydrogen) atoms. The molecule has 1 rings (SSSR count). The lowest BCUT2D eigenvalue weighted by atomic mass is 10.1. The first-order chi connectivity index (χ1) is 8.04. The molecule has 0 saturated heterocycles. The van der Waals surface area contributed by atoms with Gasteiger partial charge in [0.1, 0.15) is 0 Å². The predicted molar refractivity (Wildman–Crippen MR) is 76.0 cm³/mol. The SMILES string of the molecule is CC(C)Oc1cccnc1NC(C)C(C)CBr. The van der Waals surface area contributed by atoms with E-state index in [1.54, 1.807) is 6.20 Å². The smallest absolute Gasteiger partial charge is 0.168 e. The van der Waals surface area contributed by atoms with Crippen LogP contribution in [0.5, 0.6) is 5.75 Å². The molecular weight excluding hydrogens is 280 g/mol. The maximum Gasteiger partial charge on any atom is 0.168 e. The van der Waals surface area contributed by atoms with Crippen LogP contribution in [0.1, 0.15) is 27.7 Å². The summed E-state index contributed by atoms with van der Waals surface area (Å²) in [5, 5.41) is 4.37. The topological polar surface area (TPSA) is 34.1 Å². The zero-order valence-electron chi connectivity index (χ0n) is 10.9. The maximum atomic E-state index is 5.72. The zero-order chi connectivity index (χ0) is 12.8. The lowest BCUT2D eigenvalue weighted by Gasteiger charge is -2.22. The Morgan fingerprint density at radius 2 is 2.06 bits per heavy atom. The zero-order valence-corrected chi connectivity index (χ0v) is 12.5. The van der Waals surface area contributed by atoms with Gasteiger partial charge in [0.05, 0.1) is 6.10 Å². The minimum absolute atomic E-state index is 0.156. The van der Waals surface area contributed by atoms with Crippen molar-refractivity contribution in [3.05, 3.63) is 18.3 Å². The fraction of sp³-hybridized carbons (Fsp3) is 0.615. The van der Waals surface area contributed by atoms with Crippen molar-refractivity contribution in [2.45, 2.75) is 39.8 Å². The Hall–Kier alpha value is -0.770. The Bertz CT molecular complexity index is 344. The first kappa shape index (κ1) is 14.3. The Labute approximate surface area is 112 Å². The van der Waals surface area contributed by atoms with Crippen molar-refractivity contribution in [1.29, 1.82) is 0 Å². The molecule has 0 amide bonds. The highest BCUT2D eigenvalue weighted by Gasteiger charge is 2.14. The molecule has 0 bridgehead atoms. The van der Waals surface area contributed by atoms with Crippen LogP contribution in [-0.4, -0.2) is 22.5 Å². The summed E-state index contributed by atoms with van der Waals surface area (Å²) in [5.74, 6) is 2.17. The number of rotatable bonds is 6. The molecule has 3 nitrogen and oxygen atoms in total. The van der Waals surface area contributed by atoms with Gasteiger partial charge in [0.2, 0.25) is 0 Å². The number of nitrogens with one attached hydrogen (secondary N) is 1. The summed E-state index contributed by atoms with van der Waals surface area (Å²) in [6.45, 7) is 8.38. The quantitative estimate of drug-likeness (QED) is 0.814. The van der Waals surface area contributed by atoms with E-state index < -0.39 is 0 Å². The highest BCUT2D eigenvalue weighted by atomic mass is 79.9. The minimum Gasteiger partial charge on any atom is -0.487 e. The summed E-state index contributed by atoms with van der Waals surface area (Å²) < 4.78 is 5.72. The number of anilines is 1. The van der Waals surface area contributed by atoms with E-state index in [4.69, 9.17) is 4.74 Å². The lowest BCUT2D eigenvalue weighted by Crippen LogP contribution is -2.25. The third kappa shape index (κ3) is 4.54. The average Bonchev–Trinajstić information content (AvgIpc) is 2.29. The van der Waals surface area contributed by atoms with Gasteiger partial charge in [0.25, 0.3) is 0 Å². The normalized spacial score (nSPS) is 14.5. The number of hydrogen-bond donors (Lipinski definition) is 1. The van der Waals surface area contributed by atoms with Crippen LogP contribution >= 0.6 is 15.9 Å². The number of halogens is 1. The summed E-state index contributed by atoms with van der Waals surface area (Å²) in [6.07, 6.45) is 1.93. The van der Waals surface area contributed by atoms with Crippen LogP contribution in [0.4, 0.5) is 5.82 Å². The molecule has 1 N–H and O–H groups in total. The molecule has 0 aromatic carbocycles. The number of nitrogens with zero attached hydrogens (tertiary/aromatic N) is 1. The van der Waals surface area contributed by atoms with Crippen LogP contribution in [0.15, 0.2) is 18.3 Å². The van der Waals surface area contributed by atoms with Gasteiger partial charge in [0, 0.05) is 17.6 Å². The molecule has 0 aliphatic heterocycles. The molecule has 0 aliphatic rings. The van der Waals surface area contributed by atoms with E-state index in [-0.39, 0.29) is 6.10 Å². The van der Waals surface area contributed by atoms with Crippen LogP contribution < -0.4 is 10.1 Å². The standard InChI is InChI=1S/C13H21BrN2O/c1-9(2)17-12-6-5-7-15-13(12)16-11(4)10(3)8-14/h5-7,9-11H,8H2,1-4H3,(H,15,16). The second-order valence-electron chi connectivity index (χ2n) is 4.58. The highest BCUT2D eigenvalue weighted by Crippen LogP contribution is 2.24. The Morgan fingerprint density at radius 1 is 1.35 bits per heavy atom. The van der Waals surface area contributed by atoms with Crippen molar-refractivity contribution in [3.8, 4) is 5.75 Å². The average molecular weight is 301 g/mol. The van der Waals surface area contributed by atoms with Crippen LogP contribution in [0.3, 0.4) is 0 Å². The molecule has 96 valence electrons. The number of pyridine rings is 1. The molecule has 0 saturated carbocycles.